The molecule has 0 unspecified atom stereocenters. The van der Waals surface area contributed by atoms with Gasteiger partial charge in [0.15, 0.2) is 0 Å². The molecule has 3 rings (SSSR count). The predicted octanol–water partition coefficient (Wildman–Crippen LogP) is 0.153. The molecule has 2 aromatic rings. The van der Waals surface area contributed by atoms with Gasteiger partial charge in [-0.1, -0.05) is 0 Å². The number of hydrogen-bond donors (Lipinski definition) is 0. The predicted molar refractivity (Wildman–Crippen MR) is 76.8 cm³/mol. The van der Waals surface area contributed by atoms with Crippen LogP contribution in [0.3, 0.4) is 0 Å². The van der Waals surface area contributed by atoms with Crippen LogP contribution in [0.15, 0.2) is 37.2 Å². The number of amides is 1. The van der Waals surface area contributed by atoms with Gasteiger partial charge in [0.1, 0.15) is 24.3 Å². The van der Waals surface area contributed by atoms with Crippen LogP contribution in [0, 0.1) is 0 Å². The lowest BCUT2D eigenvalue weighted by Crippen LogP contribution is -2.47. The number of imidazole rings is 1. The molecule has 1 fully saturated rings. The Morgan fingerprint density at radius 1 is 1.22 bits per heavy atom. The number of hydrogen-bond acceptors (Lipinski definition) is 6. The van der Waals surface area contributed by atoms with Crippen molar-refractivity contribution in [1.82, 2.24) is 19.4 Å². The Balaban J connectivity index is 1.64. The van der Waals surface area contributed by atoms with Crippen LogP contribution in [0.2, 0.25) is 0 Å². The molecule has 0 aliphatic carbocycles. The van der Waals surface area contributed by atoms with Crippen LogP contribution < -0.4 is 9.84 Å². The molecule has 0 saturated carbocycles. The molecule has 8 heteroatoms. The highest BCUT2D eigenvalue weighted by Crippen LogP contribution is 2.19. The fourth-order valence-corrected chi connectivity index (χ4v) is 2.48. The number of piperidine rings is 1. The third-order valence-corrected chi connectivity index (χ3v) is 3.70. The number of pyridine rings is 1. The molecule has 1 amide bonds. The molecule has 0 spiro atoms. The van der Waals surface area contributed by atoms with Gasteiger partial charge in [0.2, 0.25) is 0 Å². The summed E-state index contributed by atoms with van der Waals surface area (Å²) in [5, 5.41) is 10.8. The van der Waals surface area contributed by atoms with Crippen LogP contribution in [0.25, 0.3) is 0 Å². The monoisotopic (exact) mass is 315 g/mol. The Hall–Kier alpha value is -2.90. The molecule has 0 bridgehead atoms. The van der Waals surface area contributed by atoms with Crippen LogP contribution in [0.4, 0.5) is 4.79 Å². The van der Waals surface area contributed by atoms with E-state index in [4.69, 9.17) is 4.74 Å². The van der Waals surface area contributed by atoms with Gasteiger partial charge in [0.05, 0.1) is 11.8 Å². The fourth-order valence-electron chi connectivity index (χ4n) is 2.48. The summed E-state index contributed by atoms with van der Waals surface area (Å²) in [4.78, 5) is 32.1. The van der Waals surface area contributed by atoms with Gasteiger partial charge in [-0.05, 0) is 6.07 Å². The van der Waals surface area contributed by atoms with Crippen molar-refractivity contribution in [3.63, 3.8) is 0 Å². The van der Waals surface area contributed by atoms with E-state index in [9.17, 15) is 14.7 Å². The molecule has 0 aromatic carbocycles. The van der Waals surface area contributed by atoms with Crippen molar-refractivity contribution >= 4 is 12.0 Å². The first kappa shape index (κ1) is 15.0. The summed E-state index contributed by atoms with van der Waals surface area (Å²) in [7, 11) is 0. The van der Waals surface area contributed by atoms with Gasteiger partial charge in [0.25, 0.3) is 5.91 Å². The largest absolute Gasteiger partial charge is 0.530 e. The molecule has 0 N–H and O–H groups in total. The van der Waals surface area contributed by atoms with E-state index in [0.717, 1.165) is 0 Å². The Kier molecular flexibility index (Phi) is 4.22. The normalized spacial score (nSPS) is 15.4. The number of carboxylic acid groups (broad SMARTS) is 1. The number of nitrogens with zero attached hydrogens (tertiary/aromatic N) is 4. The zero-order chi connectivity index (χ0) is 16.2. The zero-order valence-electron chi connectivity index (χ0n) is 12.3. The number of carbonyl (C=O) groups is 2. The lowest BCUT2D eigenvalue weighted by atomic mass is 10.1. The molecule has 3 heterocycles. The summed E-state index contributed by atoms with van der Waals surface area (Å²) in [6.45, 7) is 0.766. The van der Waals surface area contributed by atoms with E-state index in [-0.39, 0.29) is 12.0 Å². The first-order valence-electron chi connectivity index (χ1n) is 7.24. The van der Waals surface area contributed by atoms with E-state index in [1.165, 1.54) is 34.4 Å². The summed E-state index contributed by atoms with van der Waals surface area (Å²) in [5.41, 5.74) is 0.396. The van der Waals surface area contributed by atoms with Gasteiger partial charge in [-0.25, -0.2) is 4.98 Å². The summed E-state index contributed by atoms with van der Waals surface area (Å²) < 4.78 is 7.17. The molecule has 0 atom stereocenters. The topological polar surface area (TPSA) is 100 Å². The van der Waals surface area contributed by atoms with Crippen molar-refractivity contribution in [2.45, 2.75) is 18.9 Å². The van der Waals surface area contributed by atoms with Gasteiger partial charge in [0, 0.05) is 44.5 Å². The van der Waals surface area contributed by atoms with E-state index in [2.05, 4.69) is 9.97 Å². The van der Waals surface area contributed by atoms with Gasteiger partial charge in [-0.2, -0.15) is 0 Å². The SMILES string of the molecule is O=C([O-])N1CCC(Oc2cncc(C(=O)n3ccnc3)c2)CC1. The lowest BCUT2D eigenvalue weighted by Gasteiger charge is -2.33. The second-order valence-electron chi connectivity index (χ2n) is 5.25. The Labute approximate surface area is 132 Å². The van der Waals surface area contributed by atoms with Crippen LogP contribution in [-0.2, 0) is 0 Å². The van der Waals surface area contributed by atoms with Crippen molar-refractivity contribution < 1.29 is 19.4 Å². The Bertz CT molecular complexity index is 693. The van der Waals surface area contributed by atoms with E-state index < -0.39 is 6.09 Å². The molecule has 8 nitrogen and oxygen atoms in total. The van der Waals surface area contributed by atoms with Crippen LogP contribution in [0.5, 0.6) is 5.75 Å². The minimum Gasteiger partial charge on any atom is -0.530 e. The molecular formula is C15H15N4O4-. The van der Waals surface area contributed by atoms with Gasteiger partial charge in [-0.3, -0.25) is 14.3 Å². The van der Waals surface area contributed by atoms with Crippen LogP contribution in [-0.4, -0.2) is 50.6 Å². The fraction of sp³-hybridized carbons (Fsp3) is 0.333. The number of carbonyl (C=O) groups excluding carboxylic acids is 2. The van der Waals surface area contributed by atoms with E-state index in [1.807, 2.05) is 0 Å². The molecule has 23 heavy (non-hydrogen) atoms. The van der Waals surface area contributed by atoms with E-state index in [0.29, 0.717) is 37.2 Å². The smallest absolute Gasteiger partial charge is 0.264 e. The third-order valence-electron chi connectivity index (χ3n) is 3.70. The van der Waals surface area contributed by atoms with E-state index in [1.54, 1.807) is 12.3 Å². The molecular weight excluding hydrogens is 300 g/mol. The molecule has 1 aliphatic rings. The second kappa shape index (κ2) is 6.47. The van der Waals surface area contributed by atoms with Crippen molar-refractivity contribution in [2.24, 2.45) is 0 Å². The average molecular weight is 315 g/mol. The minimum absolute atomic E-state index is 0.106. The third kappa shape index (κ3) is 3.47. The summed E-state index contributed by atoms with van der Waals surface area (Å²) in [5.74, 6) is 0.245. The second-order valence-corrected chi connectivity index (χ2v) is 5.25. The zero-order valence-corrected chi connectivity index (χ0v) is 12.3. The highest BCUT2D eigenvalue weighted by atomic mass is 16.5. The molecule has 2 aromatic heterocycles. The average Bonchev–Trinajstić information content (AvgIpc) is 3.09. The Morgan fingerprint density at radius 2 is 2.00 bits per heavy atom. The standard InChI is InChI=1S/C15H16N4O4/c20-14(19-6-3-16-10-19)11-7-13(9-17-8-11)23-12-1-4-18(5-2-12)15(21)22/h3,6-10,12H,1-2,4-5H2,(H,21,22)/p-1. The number of ether oxygens (including phenoxy) is 1. The number of likely N-dealkylation sites (tertiary alicyclic amines) is 1. The maximum absolute atomic E-state index is 12.2. The maximum Gasteiger partial charge on any atom is 0.264 e. The first-order valence-corrected chi connectivity index (χ1v) is 7.24. The van der Waals surface area contributed by atoms with Crippen molar-refractivity contribution in [3.8, 4) is 5.75 Å². The molecule has 1 saturated heterocycles. The van der Waals surface area contributed by atoms with Crippen LogP contribution in [0.1, 0.15) is 23.2 Å². The van der Waals surface area contributed by atoms with Crippen molar-refractivity contribution in [2.75, 3.05) is 13.1 Å². The molecule has 1 aliphatic heterocycles. The highest BCUT2D eigenvalue weighted by molar-refractivity contribution is 5.95. The lowest BCUT2D eigenvalue weighted by molar-refractivity contribution is -0.266. The van der Waals surface area contributed by atoms with Gasteiger partial charge < -0.3 is 19.5 Å². The summed E-state index contributed by atoms with van der Waals surface area (Å²) in [6, 6.07) is 1.63. The Morgan fingerprint density at radius 3 is 2.65 bits per heavy atom. The highest BCUT2D eigenvalue weighted by Gasteiger charge is 2.21. The van der Waals surface area contributed by atoms with Gasteiger partial charge >= 0.3 is 0 Å². The molecule has 0 radical (unpaired) electrons. The van der Waals surface area contributed by atoms with Crippen molar-refractivity contribution in [3.05, 3.63) is 42.7 Å². The summed E-state index contributed by atoms with van der Waals surface area (Å²) in [6.07, 6.45) is 7.41. The number of aromatic nitrogens is 3. The van der Waals surface area contributed by atoms with Crippen molar-refractivity contribution in [1.29, 1.82) is 0 Å². The summed E-state index contributed by atoms with van der Waals surface area (Å²) >= 11 is 0. The first-order chi connectivity index (χ1) is 11.1. The van der Waals surface area contributed by atoms with Gasteiger partial charge in [-0.15, -0.1) is 0 Å². The molecule has 120 valence electrons. The minimum atomic E-state index is -1.15. The number of rotatable bonds is 3. The quantitative estimate of drug-likeness (QED) is 0.799. The van der Waals surface area contributed by atoms with E-state index >= 15 is 0 Å². The van der Waals surface area contributed by atoms with Crippen LogP contribution >= 0.6 is 0 Å². The maximum atomic E-state index is 12.2.